The Hall–Kier alpha value is -3.62. The second-order valence-corrected chi connectivity index (χ2v) is 8.48. The summed E-state index contributed by atoms with van der Waals surface area (Å²) in [7, 11) is 0. The van der Waals surface area contributed by atoms with E-state index < -0.39 is 12.0 Å². The van der Waals surface area contributed by atoms with Crippen LogP contribution in [0.2, 0.25) is 0 Å². The number of carboxylic acids is 1. The number of carboxylic acid groups (broad SMARTS) is 1. The maximum absolute atomic E-state index is 12.4. The largest absolute Gasteiger partial charge is 0.480 e. The molecule has 0 saturated carbocycles. The molecule has 1 unspecified atom stereocenters. The number of amides is 1. The van der Waals surface area contributed by atoms with Crippen LogP contribution in [-0.4, -0.2) is 33.0 Å². The van der Waals surface area contributed by atoms with E-state index in [1.807, 2.05) is 30.3 Å². The van der Waals surface area contributed by atoms with Crippen LogP contribution >= 0.6 is 11.3 Å². The fourth-order valence-corrected chi connectivity index (χ4v) is 4.31. The Morgan fingerprint density at radius 2 is 1.94 bits per heavy atom. The number of hydrogen-bond acceptors (Lipinski definition) is 6. The average Bonchev–Trinajstić information content (AvgIpc) is 3.21. The minimum Gasteiger partial charge on any atom is -0.480 e. The van der Waals surface area contributed by atoms with Crippen LogP contribution in [-0.2, 0) is 16.1 Å². The number of aliphatic carboxylic acids is 1. The summed E-state index contributed by atoms with van der Waals surface area (Å²) in [4.78, 5) is 32.6. The van der Waals surface area contributed by atoms with Crippen LogP contribution < -0.4 is 10.6 Å². The van der Waals surface area contributed by atoms with E-state index in [1.165, 1.54) is 5.56 Å². The number of pyridine rings is 1. The molecular weight excluding hydrogens is 424 g/mol. The van der Waals surface area contributed by atoms with Crippen molar-refractivity contribution in [1.82, 2.24) is 15.3 Å². The van der Waals surface area contributed by atoms with Crippen LogP contribution in [0.1, 0.15) is 17.5 Å². The van der Waals surface area contributed by atoms with Crippen molar-refractivity contribution < 1.29 is 14.7 Å². The normalized spacial score (nSPS) is 11.9. The Balaban J connectivity index is 1.37. The van der Waals surface area contributed by atoms with Gasteiger partial charge < -0.3 is 10.4 Å². The van der Waals surface area contributed by atoms with E-state index >= 15 is 0 Å². The fraction of sp³-hybridized carbons (Fsp3) is 0.167. The van der Waals surface area contributed by atoms with Gasteiger partial charge in [-0.1, -0.05) is 12.1 Å². The van der Waals surface area contributed by atoms with Crippen molar-refractivity contribution in [2.24, 2.45) is 0 Å². The lowest BCUT2D eigenvalue weighted by molar-refractivity contribution is -0.141. The SMILES string of the molecule is Cc1ccc2nc(-c3ccc(NC(=O)CC(NCc4cccnc4)C(=O)O)cc3)sc2c1. The monoisotopic (exact) mass is 446 g/mol. The number of aromatic nitrogens is 2. The number of nitrogens with one attached hydrogen (secondary N) is 2. The van der Waals surface area contributed by atoms with E-state index in [2.05, 4.69) is 33.6 Å². The number of nitrogens with zero attached hydrogens (tertiary/aromatic N) is 2. The van der Waals surface area contributed by atoms with Gasteiger partial charge in [0.05, 0.1) is 16.6 Å². The Bertz CT molecular complexity index is 1240. The average molecular weight is 447 g/mol. The number of hydrogen-bond donors (Lipinski definition) is 3. The van der Waals surface area contributed by atoms with Crippen molar-refractivity contribution in [2.45, 2.75) is 25.9 Å². The molecule has 4 aromatic rings. The minimum absolute atomic E-state index is 0.186. The van der Waals surface area contributed by atoms with Crippen molar-refractivity contribution in [1.29, 1.82) is 0 Å². The van der Waals surface area contributed by atoms with Crippen molar-refractivity contribution in [3.63, 3.8) is 0 Å². The van der Waals surface area contributed by atoms with Gasteiger partial charge in [-0.05, 0) is 60.5 Å². The molecule has 0 aliphatic heterocycles. The van der Waals surface area contributed by atoms with Gasteiger partial charge in [0.25, 0.3) is 0 Å². The summed E-state index contributed by atoms with van der Waals surface area (Å²) in [5.41, 5.74) is 4.57. The number of benzene rings is 2. The molecule has 8 heteroatoms. The number of thiazole rings is 1. The smallest absolute Gasteiger partial charge is 0.321 e. The minimum atomic E-state index is -1.08. The number of carbonyl (C=O) groups is 2. The lowest BCUT2D eigenvalue weighted by Gasteiger charge is -2.14. The van der Waals surface area contributed by atoms with Crippen LogP contribution in [0, 0.1) is 6.92 Å². The molecule has 32 heavy (non-hydrogen) atoms. The standard InChI is InChI=1S/C24H22N4O3S/c1-15-4-9-19-21(11-15)32-23(28-19)17-5-7-18(8-6-17)27-22(29)12-20(24(30)31)26-14-16-3-2-10-25-13-16/h2-11,13,20,26H,12,14H2,1H3,(H,27,29)(H,30,31). The molecule has 4 rings (SSSR count). The highest BCUT2D eigenvalue weighted by Crippen LogP contribution is 2.31. The maximum Gasteiger partial charge on any atom is 0.321 e. The third kappa shape index (κ3) is 5.35. The summed E-state index contributed by atoms with van der Waals surface area (Å²) in [6.45, 7) is 2.37. The fourth-order valence-electron chi connectivity index (χ4n) is 3.24. The summed E-state index contributed by atoms with van der Waals surface area (Å²) in [5.74, 6) is -1.45. The van der Waals surface area contributed by atoms with Crippen LogP contribution in [0.5, 0.6) is 0 Å². The number of anilines is 1. The van der Waals surface area contributed by atoms with E-state index in [0.29, 0.717) is 12.2 Å². The van der Waals surface area contributed by atoms with Gasteiger partial charge in [-0.15, -0.1) is 11.3 Å². The Kier molecular flexibility index (Phi) is 6.53. The molecule has 7 nitrogen and oxygen atoms in total. The predicted octanol–water partition coefficient (Wildman–Crippen LogP) is 4.24. The topological polar surface area (TPSA) is 104 Å². The van der Waals surface area contributed by atoms with E-state index in [9.17, 15) is 14.7 Å². The second-order valence-electron chi connectivity index (χ2n) is 7.45. The Labute approximate surface area is 189 Å². The molecule has 3 N–H and O–H groups in total. The molecule has 0 spiro atoms. The third-order valence-corrected chi connectivity index (χ3v) is 5.99. The highest BCUT2D eigenvalue weighted by molar-refractivity contribution is 7.21. The van der Waals surface area contributed by atoms with Gasteiger partial charge in [-0.25, -0.2) is 4.98 Å². The van der Waals surface area contributed by atoms with E-state index in [1.54, 1.807) is 41.9 Å². The van der Waals surface area contributed by atoms with Gasteiger partial charge in [0.1, 0.15) is 11.0 Å². The Morgan fingerprint density at radius 3 is 2.66 bits per heavy atom. The van der Waals surface area contributed by atoms with E-state index in [-0.39, 0.29) is 12.3 Å². The third-order valence-electron chi connectivity index (χ3n) is 4.92. The molecule has 0 radical (unpaired) electrons. The Morgan fingerprint density at radius 1 is 1.12 bits per heavy atom. The molecule has 0 fully saturated rings. The summed E-state index contributed by atoms with van der Waals surface area (Å²) in [5, 5.41) is 16.0. The van der Waals surface area contributed by atoms with Crippen molar-refractivity contribution in [3.8, 4) is 10.6 Å². The summed E-state index contributed by atoms with van der Waals surface area (Å²) >= 11 is 1.62. The first-order valence-electron chi connectivity index (χ1n) is 10.1. The number of rotatable bonds is 8. The number of aryl methyl sites for hydroxylation is 1. The van der Waals surface area contributed by atoms with Gasteiger partial charge in [-0.2, -0.15) is 0 Å². The zero-order valence-corrected chi connectivity index (χ0v) is 18.2. The first-order valence-corrected chi connectivity index (χ1v) is 10.9. The van der Waals surface area contributed by atoms with Gasteiger partial charge in [0, 0.05) is 30.2 Å². The molecule has 0 aliphatic carbocycles. The zero-order chi connectivity index (χ0) is 22.5. The molecule has 0 aliphatic rings. The zero-order valence-electron chi connectivity index (χ0n) is 17.4. The van der Waals surface area contributed by atoms with Crippen LogP contribution in [0.4, 0.5) is 5.69 Å². The number of carbonyl (C=O) groups excluding carboxylic acids is 1. The van der Waals surface area contributed by atoms with Crippen LogP contribution in [0.25, 0.3) is 20.8 Å². The first kappa shape index (κ1) is 21.6. The van der Waals surface area contributed by atoms with Crippen LogP contribution in [0.15, 0.2) is 67.0 Å². The molecule has 162 valence electrons. The van der Waals surface area contributed by atoms with Crippen LogP contribution in [0.3, 0.4) is 0 Å². The van der Waals surface area contributed by atoms with Crippen molar-refractivity contribution in [2.75, 3.05) is 5.32 Å². The molecule has 0 bridgehead atoms. The molecule has 1 amide bonds. The molecule has 2 aromatic carbocycles. The quantitative estimate of drug-likeness (QED) is 0.374. The highest BCUT2D eigenvalue weighted by Gasteiger charge is 2.21. The molecule has 2 heterocycles. The van der Waals surface area contributed by atoms with Gasteiger partial charge >= 0.3 is 5.97 Å². The lowest BCUT2D eigenvalue weighted by Crippen LogP contribution is -2.39. The van der Waals surface area contributed by atoms with E-state index in [4.69, 9.17) is 0 Å². The number of fused-ring (bicyclic) bond motifs is 1. The highest BCUT2D eigenvalue weighted by atomic mass is 32.1. The van der Waals surface area contributed by atoms with E-state index in [0.717, 1.165) is 26.4 Å². The summed E-state index contributed by atoms with van der Waals surface area (Å²) in [6, 6.07) is 16.2. The molecule has 0 saturated heterocycles. The van der Waals surface area contributed by atoms with Gasteiger partial charge in [0.15, 0.2) is 0 Å². The van der Waals surface area contributed by atoms with Crippen molar-refractivity contribution in [3.05, 3.63) is 78.1 Å². The van der Waals surface area contributed by atoms with Crippen molar-refractivity contribution >= 4 is 39.1 Å². The van der Waals surface area contributed by atoms with Gasteiger partial charge in [0.2, 0.25) is 5.91 Å². The maximum atomic E-state index is 12.4. The molecule has 2 aromatic heterocycles. The predicted molar refractivity (Wildman–Crippen MR) is 126 cm³/mol. The lowest BCUT2D eigenvalue weighted by atomic mass is 10.1. The summed E-state index contributed by atoms with van der Waals surface area (Å²) in [6.07, 6.45) is 3.11. The second kappa shape index (κ2) is 9.67. The summed E-state index contributed by atoms with van der Waals surface area (Å²) < 4.78 is 1.14. The molecular formula is C24H22N4O3S. The first-order chi connectivity index (χ1) is 15.5. The van der Waals surface area contributed by atoms with Gasteiger partial charge in [-0.3, -0.25) is 19.9 Å². The molecule has 1 atom stereocenters.